The smallest absolute Gasteiger partial charge is 0.127 e. The molecular weight excluding hydrogens is 222 g/mol. The maximum absolute atomic E-state index is 6.16. The second-order valence-electron chi connectivity index (χ2n) is 4.85. The molecule has 1 atom stereocenters. The van der Waals surface area contributed by atoms with E-state index in [1.54, 1.807) is 0 Å². The van der Waals surface area contributed by atoms with E-state index in [1.165, 1.54) is 18.4 Å². The van der Waals surface area contributed by atoms with E-state index in [0.29, 0.717) is 5.92 Å². The lowest BCUT2D eigenvalue weighted by atomic mass is 10.0. The Labute approximate surface area is 107 Å². The zero-order chi connectivity index (χ0) is 12.4. The lowest BCUT2D eigenvalue weighted by Gasteiger charge is -2.11. The molecule has 92 valence electrons. The van der Waals surface area contributed by atoms with Gasteiger partial charge in [-0.25, -0.2) is 0 Å². The predicted molar refractivity (Wildman–Crippen MR) is 72.6 cm³/mol. The quantitative estimate of drug-likeness (QED) is 0.878. The van der Waals surface area contributed by atoms with E-state index in [4.69, 9.17) is 10.5 Å². The van der Waals surface area contributed by atoms with E-state index in [9.17, 15) is 0 Å². The minimum absolute atomic E-state index is 0.191. The monoisotopic (exact) mass is 239 g/mol. The van der Waals surface area contributed by atoms with Gasteiger partial charge in [0.05, 0.1) is 0 Å². The second-order valence-corrected chi connectivity index (χ2v) is 4.85. The summed E-state index contributed by atoms with van der Waals surface area (Å²) in [6.45, 7) is 0. The molecule has 0 aromatic heterocycles. The maximum Gasteiger partial charge on any atom is 0.127 e. The molecule has 1 saturated carbocycles. The van der Waals surface area contributed by atoms with Crippen LogP contribution in [0.1, 0.15) is 24.4 Å². The van der Waals surface area contributed by atoms with Gasteiger partial charge in [0.15, 0.2) is 0 Å². The van der Waals surface area contributed by atoms with Crippen LogP contribution in [-0.2, 0) is 0 Å². The van der Waals surface area contributed by atoms with Crippen LogP contribution < -0.4 is 10.5 Å². The van der Waals surface area contributed by atoms with Crippen molar-refractivity contribution < 1.29 is 4.74 Å². The summed E-state index contributed by atoms with van der Waals surface area (Å²) >= 11 is 0. The highest BCUT2D eigenvalue weighted by atomic mass is 16.5. The van der Waals surface area contributed by atoms with Crippen LogP contribution in [0, 0.1) is 5.92 Å². The molecule has 1 fully saturated rings. The van der Waals surface area contributed by atoms with Crippen molar-refractivity contribution in [2.24, 2.45) is 11.7 Å². The van der Waals surface area contributed by atoms with Gasteiger partial charge in [-0.3, -0.25) is 0 Å². The molecule has 0 saturated heterocycles. The lowest BCUT2D eigenvalue weighted by molar-refractivity contribution is 0.482. The summed E-state index contributed by atoms with van der Waals surface area (Å²) in [5.74, 6) is 2.40. The summed E-state index contributed by atoms with van der Waals surface area (Å²) in [6, 6.07) is 18.1. The highest BCUT2D eigenvalue weighted by Gasteiger charge is 2.29. The third kappa shape index (κ3) is 2.54. The summed E-state index contributed by atoms with van der Waals surface area (Å²) in [7, 11) is 0. The average Bonchev–Trinajstić information content (AvgIpc) is 3.24. The molecule has 1 aliphatic carbocycles. The predicted octanol–water partition coefficient (Wildman–Crippen LogP) is 3.89. The highest BCUT2D eigenvalue weighted by molar-refractivity contribution is 5.34. The molecule has 0 amide bonds. The minimum atomic E-state index is 0.191. The second kappa shape index (κ2) is 4.83. The summed E-state index contributed by atoms with van der Waals surface area (Å²) in [6.07, 6.45) is 2.53. The van der Waals surface area contributed by atoms with Gasteiger partial charge >= 0.3 is 0 Å². The van der Waals surface area contributed by atoms with Crippen molar-refractivity contribution in [1.82, 2.24) is 0 Å². The Balaban J connectivity index is 1.71. The van der Waals surface area contributed by atoms with Crippen molar-refractivity contribution in [1.29, 1.82) is 0 Å². The third-order valence-electron chi connectivity index (χ3n) is 3.37. The van der Waals surface area contributed by atoms with Crippen molar-refractivity contribution in [2.75, 3.05) is 0 Å². The molecule has 2 aromatic carbocycles. The van der Waals surface area contributed by atoms with E-state index in [1.807, 2.05) is 42.5 Å². The summed E-state index contributed by atoms with van der Waals surface area (Å²) in [5, 5.41) is 0. The fourth-order valence-corrected chi connectivity index (χ4v) is 2.11. The van der Waals surface area contributed by atoms with Crippen molar-refractivity contribution in [3.63, 3.8) is 0 Å². The Kier molecular flexibility index (Phi) is 3.03. The molecular formula is C16H17NO. The number of ether oxygens (including phenoxy) is 1. The van der Waals surface area contributed by atoms with Crippen LogP contribution in [-0.4, -0.2) is 0 Å². The fourth-order valence-electron chi connectivity index (χ4n) is 2.11. The number of hydrogen-bond acceptors (Lipinski definition) is 2. The first-order valence-electron chi connectivity index (χ1n) is 6.41. The summed E-state index contributed by atoms with van der Waals surface area (Å²) in [5.41, 5.74) is 7.37. The molecule has 2 heteroatoms. The van der Waals surface area contributed by atoms with Crippen LogP contribution in [0.2, 0.25) is 0 Å². The van der Waals surface area contributed by atoms with E-state index >= 15 is 0 Å². The van der Waals surface area contributed by atoms with E-state index in [0.717, 1.165) is 11.5 Å². The van der Waals surface area contributed by atoms with E-state index < -0.39 is 0 Å². The zero-order valence-corrected chi connectivity index (χ0v) is 10.3. The lowest BCUT2D eigenvalue weighted by Crippen LogP contribution is -2.11. The Morgan fingerprint density at radius 3 is 2.11 bits per heavy atom. The molecule has 2 nitrogen and oxygen atoms in total. The normalized spacial score (nSPS) is 16.3. The van der Waals surface area contributed by atoms with Crippen LogP contribution in [0.25, 0.3) is 0 Å². The van der Waals surface area contributed by atoms with Crippen LogP contribution in [0.5, 0.6) is 11.5 Å². The van der Waals surface area contributed by atoms with Gasteiger partial charge in [0.1, 0.15) is 11.5 Å². The number of nitrogens with two attached hydrogens (primary N) is 1. The van der Waals surface area contributed by atoms with Crippen molar-refractivity contribution in [3.05, 3.63) is 60.2 Å². The first-order valence-corrected chi connectivity index (χ1v) is 6.41. The standard InChI is InChI=1S/C16H17NO/c17-16(12-6-7-12)13-8-10-15(11-9-13)18-14-4-2-1-3-5-14/h1-5,8-12,16H,6-7,17H2/t16-/m0/s1. The summed E-state index contributed by atoms with van der Waals surface area (Å²) < 4.78 is 5.75. The minimum Gasteiger partial charge on any atom is -0.457 e. The van der Waals surface area contributed by atoms with Crippen molar-refractivity contribution in [2.45, 2.75) is 18.9 Å². The molecule has 3 rings (SSSR count). The Hall–Kier alpha value is -1.80. The Morgan fingerprint density at radius 1 is 0.889 bits per heavy atom. The molecule has 2 N–H and O–H groups in total. The maximum atomic E-state index is 6.16. The fraction of sp³-hybridized carbons (Fsp3) is 0.250. The molecule has 2 aromatic rings. The van der Waals surface area contributed by atoms with Gasteiger partial charge in [-0.15, -0.1) is 0 Å². The van der Waals surface area contributed by atoms with Gasteiger partial charge < -0.3 is 10.5 Å². The third-order valence-corrected chi connectivity index (χ3v) is 3.37. The van der Waals surface area contributed by atoms with Gasteiger partial charge in [0.2, 0.25) is 0 Å². The first kappa shape index (κ1) is 11.3. The molecule has 0 spiro atoms. The van der Waals surface area contributed by atoms with E-state index in [2.05, 4.69) is 12.1 Å². The molecule has 0 bridgehead atoms. The first-order chi connectivity index (χ1) is 8.83. The molecule has 1 aliphatic rings. The largest absolute Gasteiger partial charge is 0.457 e. The average molecular weight is 239 g/mol. The van der Waals surface area contributed by atoms with Crippen LogP contribution >= 0.6 is 0 Å². The number of hydrogen-bond donors (Lipinski definition) is 1. The number of para-hydroxylation sites is 1. The Morgan fingerprint density at radius 2 is 1.50 bits per heavy atom. The molecule has 18 heavy (non-hydrogen) atoms. The van der Waals surface area contributed by atoms with Gasteiger partial charge in [-0.1, -0.05) is 30.3 Å². The topological polar surface area (TPSA) is 35.2 Å². The van der Waals surface area contributed by atoms with Gasteiger partial charge in [0, 0.05) is 6.04 Å². The van der Waals surface area contributed by atoms with Crippen LogP contribution in [0.15, 0.2) is 54.6 Å². The summed E-state index contributed by atoms with van der Waals surface area (Å²) in [4.78, 5) is 0. The molecule has 0 heterocycles. The van der Waals surface area contributed by atoms with Gasteiger partial charge in [0.25, 0.3) is 0 Å². The van der Waals surface area contributed by atoms with Crippen molar-refractivity contribution >= 4 is 0 Å². The molecule has 0 aliphatic heterocycles. The Bertz CT molecular complexity index is 502. The molecule has 0 unspecified atom stereocenters. The number of rotatable bonds is 4. The highest BCUT2D eigenvalue weighted by Crippen LogP contribution is 2.39. The zero-order valence-electron chi connectivity index (χ0n) is 10.3. The van der Waals surface area contributed by atoms with E-state index in [-0.39, 0.29) is 6.04 Å². The van der Waals surface area contributed by atoms with Crippen LogP contribution in [0.3, 0.4) is 0 Å². The van der Waals surface area contributed by atoms with Crippen LogP contribution in [0.4, 0.5) is 0 Å². The molecule has 0 radical (unpaired) electrons. The van der Waals surface area contributed by atoms with Crippen molar-refractivity contribution in [3.8, 4) is 11.5 Å². The number of benzene rings is 2. The van der Waals surface area contributed by atoms with Gasteiger partial charge in [-0.2, -0.15) is 0 Å². The van der Waals surface area contributed by atoms with Gasteiger partial charge in [-0.05, 0) is 48.6 Å². The SMILES string of the molecule is N[C@H](c1ccc(Oc2ccccc2)cc1)C1CC1.